The Bertz CT molecular complexity index is 1630. The molecule has 0 bridgehead atoms. The Morgan fingerprint density at radius 3 is 2.48 bits per heavy atom. The van der Waals surface area contributed by atoms with Gasteiger partial charge in [0.25, 0.3) is 0 Å². The number of halogens is 1. The fraction of sp³-hybridized carbons (Fsp3) is 0.433. The lowest BCUT2D eigenvalue weighted by molar-refractivity contribution is -0.136. The number of fused-ring (bicyclic) bond motifs is 2. The molecule has 3 aromatic heterocycles. The van der Waals surface area contributed by atoms with E-state index in [2.05, 4.69) is 4.57 Å². The zero-order chi connectivity index (χ0) is 28.1. The highest BCUT2D eigenvalue weighted by Gasteiger charge is 2.30. The van der Waals surface area contributed by atoms with Crippen molar-refractivity contribution in [1.82, 2.24) is 19.1 Å². The van der Waals surface area contributed by atoms with Crippen molar-refractivity contribution in [2.45, 2.75) is 45.1 Å². The van der Waals surface area contributed by atoms with Crippen molar-refractivity contribution in [2.24, 2.45) is 5.92 Å². The molecule has 210 valence electrons. The maximum atomic E-state index is 15.1. The number of aromatic nitrogens is 3. The van der Waals surface area contributed by atoms with E-state index in [-0.39, 0.29) is 29.8 Å². The Morgan fingerprint density at radius 1 is 1.07 bits per heavy atom. The number of carboxylic acid groups (broad SMARTS) is 1. The van der Waals surface area contributed by atoms with Gasteiger partial charge in [-0.1, -0.05) is 0 Å². The number of methoxy groups -OCH3 is 2. The molecule has 0 radical (unpaired) electrons. The van der Waals surface area contributed by atoms with Gasteiger partial charge in [0, 0.05) is 43.9 Å². The summed E-state index contributed by atoms with van der Waals surface area (Å²) in [5.41, 5.74) is 5.21. The number of aryl methyl sites for hydroxylation is 1. The first-order valence-corrected chi connectivity index (χ1v) is 13.7. The summed E-state index contributed by atoms with van der Waals surface area (Å²) in [6, 6.07) is 6.75. The van der Waals surface area contributed by atoms with Gasteiger partial charge in [-0.05, 0) is 74.3 Å². The first-order chi connectivity index (χ1) is 19.3. The van der Waals surface area contributed by atoms with Crippen LogP contribution in [0.4, 0.5) is 4.39 Å². The van der Waals surface area contributed by atoms with Crippen LogP contribution in [0.15, 0.2) is 30.5 Å². The van der Waals surface area contributed by atoms with E-state index in [1.807, 2.05) is 17.9 Å². The second kappa shape index (κ2) is 10.2. The highest BCUT2D eigenvalue weighted by Crippen LogP contribution is 2.42. The van der Waals surface area contributed by atoms with Gasteiger partial charge in [0.15, 0.2) is 0 Å². The van der Waals surface area contributed by atoms with Crippen molar-refractivity contribution in [2.75, 3.05) is 33.9 Å². The van der Waals surface area contributed by atoms with Gasteiger partial charge in [0.2, 0.25) is 5.91 Å². The molecule has 9 nitrogen and oxygen atoms in total. The number of amides is 1. The van der Waals surface area contributed by atoms with Crippen LogP contribution in [0, 0.1) is 18.7 Å². The number of piperidine rings is 1. The summed E-state index contributed by atoms with van der Waals surface area (Å²) >= 11 is 0. The lowest BCUT2D eigenvalue weighted by Gasteiger charge is -2.32. The second-order valence-electron chi connectivity index (χ2n) is 11.0. The van der Waals surface area contributed by atoms with E-state index in [0.717, 1.165) is 60.0 Å². The molecule has 6 rings (SSSR count). The van der Waals surface area contributed by atoms with E-state index in [9.17, 15) is 14.7 Å². The van der Waals surface area contributed by atoms with Gasteiger partial charge in [-0.2, -0.15) is 5.10 Å². The summed E-state index contributed by atoms with van der Waals surface area (Å²) in [5.74, 6) is -0.268. The van der Waals surface area contributed by atoms with E-state index in [0.29, 0.717) is 36.0 Å². The van der Waals surface area contributed by atoms with Crippen LogP contribution in [0.25, 0.3) is 27.8 Å². The molecule has 0 unspecified atom stereocenters. The van der Waals surface area contributed by atoms with Crippen molar-refractivity contribution in [3.63, 3.8) is 0 Å². The Labute approximate surface area is 231 Å². The first kappa shape index (κ1) is 26.3. The summed E-state index contributed by atoms with van der Waals surface area (Å²) in [4.78, 5) is 25.9. The number of carbonyl (C=O) groups is 2. The number of nitrogens with zero attached hydrogens (tertiary/aromatic N) is 4. The number of ether oxygens (including phenoxy) is 2. The lowest BCUT2D eigenvalue weighted by Crippen LogP contribution is -2.39. The molecule has 0 spiro atoms. The molecule has 10 heteroatoms. The van der Waals surface area contributed by atoms with Gasteiger partial charge in [-0.3, -0.25) is 4.79 Å². The Hall–Kier alpha value is -3.92. The maximum Gasteiger partial charge on any atom is 0.337 e. The van der Waals surface area contributed by atoms with Gasteiger partial charge in [0.1, 0.15) is 29.4 Å². The normalized spacial score (nSPS) is 16.2. The number of aromatic carboxylic acids is 1. The lowest BCUT2D eigenvalue weighted by atomic mass is 9.88. The quantitative estimate of drug-likeness (QED) is 0.337. The second-order valence-corrected chi connectivity index (χ2v) is 11.0. The number of carbonyl (C=O) groups excluding carboxylic acids is 1. The van der Waals surface area contributed by atoms with Crippen LogP contribution in [0.1, 0.15) is 53.1 Å². The molecule has 1 aliphatic heterocycles. The summed E-state index contributed by atoms with van der Waals surface area (Å²) in [5, 5.41) is 15.2. The van der Waals surface area contributed by atoms with Gasteiger partial charge in [-0.15, -0.1) is 0 Å². The van der Waals surface area contributed by atoms with Crippen LogP contribution in [0.5, 0.6) is 5.75 Å². The minimum Gasteiger partial charge on any atom is -0.494 e. The molecule has 1 saturated carbocycles. The van der Waals surface area contributed by atoms with E-state index < -0.39 is 5.97 Å². The van der Waals surface area contributed by atoms with Crippen molar-refractivity contribution >= 4 is 28.3 Å². The highest BCUT2D eigenvalue weighted by molar-refractivity contribution is 5.92. The Morgan fingerprint density at radius 2 is 1.82 bits per heavy atom. The molecular formula is C30H33FN4O5. The summed E-state index contributed by atoms with van der Waals surface area (Å²) < 4.78 is 29.5. The van der Waals surface area contributed by atoms with Crippen molar-refractivity contribution in [3.8, 4) is 17.1 Å². The van der Waals surface area contributed by atoms with Gasteiger partial charge >= 0.3 is 5.97 Å². The molecule has 0 atom stereocenters. The summed E-state index contributed by atoms with van der Waals surface area (Å²) in [6.45, 7) is 4.04. The number of hydrogen-bond acceptors (Lipinski definition) is 5. The number of carboxylic acids is 1. The molecule has 2 fully saturated rings. The number of likely N-dealkylation sites (tertiary alicyclic amines) is 1. The summed E-state index contributed by atoms with van der Waals surface area (Å²) in [6.07, 6.45) is 5.29. The number of benzene rings is 1. The van der Waals surface area contributed by atoms with E-state index in [1.165, 1.54) is 26.5 Å². The fourth-order valence-corrected chi connectivity index (χ4v) is 6.12. The smallest absolute Gasteiger partial charge is 0.337 e. The summed E-state index contributed by atoms with van der Waals surface area (Å²) in [7, 11) is 3.03. The zero-order valence-corrected chi connectivity index (χ0v) is 22.9. The Kier molecular flexibility index (Phi) is 6.74. The predicted octanol–water partition coefficient (Wildman–Crippen LogP) is 4.87. The number of pyridine rings is 1. The van der Waals surface area contributed by atoms with Crippen LogP contribution >= 0.6 is 0 Å². The molecular weight excluding hydrogens is 515 g/mol. The Balaban J connectivity index is 1.48. The minimum atomic E-state index is -1.06. The fourth-order valence-electron chi connectivity index (χ4n) is 6.12. The van der Waals surface area contributed by atoms with Gasteiger partial charge in [0.05, 0.1) is 23.9 Å². The molecule has 2 aliphatic rings. The van der Waals surface area contributed by atoms with Crippen molar-refractivity contribution < 1.29 is 28.6 Å². The van der Waals surface area contributed by atoms with Crippen LogP contribution < -0.4 is 4.74 Å². The van der Waals surface area contributed by atoms with Crippen LogP contribution in [0.2, 0.25) is 0 Å². The van der Waals surface area contributed by atoms with Crippen LogP contribution in [0.3, 0.4) is 0 Å². The SMILES string of the molecule is COCC(=O)N1CCC(c2cc(F)cc3cc(-c4nn5cc(C(=O)O)cc(OC)c5c4C)n(CC4CC4)c23)CC1. The van der Waals surface area contributed by atoms with Crippen molar-refractivity contribution in [1.29, 1.82) is 0 Å². The highest BCUT2D eigenvalue weighted by atomic mass is 19.1. The van der Waals surface area contributed by atoms with Gasteiger partial charge in [-0.25, -0.2) is 13.7 Å². The molecule has 4 heterocycles. The van der Waals surface area contributed by atoms with Crippen molar-refractivity contribution in [3.05, 3.63) is 53.0 Å². The maximum absolute atomic E-state index is 15.1. The standard InChI is InChI=1S/C30H33FN4O5/c1-17-27(32-35-15-21(30(37)38)12-25(40-3)28(17)35)24-11-20-10-22(31)13-23(29(20)34(24)14-18-4-5-18)19-6-8-33(9-7-19)26(36)16-39-2/h10-13,15,18-19H,4-9,14,16H2,1-3H3,(H,37,38). The third kappa shape index (κ3) is 4.60. The minimum absolute atomic E-state index is 0.0199. The average Bonchev–Trinajstić information content (AvgIpc) is 3.61. The zero-order valence-electron chi connectivity index (χ0n) is 22.9. The third-order valence-electron chi connectivity index (χ3n) is 8.32. The van der Waals surface area contributed by atoms with Crippen LogP contribution in [-0.2, 0) is 16.1 Å². The molecule has 4 aromatic rings. The van der Waals surface area contributed by atoms with E-state index in [1.54, 1.807) is 16.6 Å². The van der Waals surface area contributed by atoms with E-state index >= 15 is 4.39 Å². The topological polar surface area (TPSA) is 98.3 Å². The van der Waals surface area contributed by atoms with E-state index in [4.69, 9.17) is 14.6 Å². The molecule has 1 aliphatic carbocycles. The molecule has 1 N–H and O–H groups in total. The molecule has 1 aromatic carbocycles. The number of hydrogen-bond donors (Lipinski definition) is 1. The van der Waals surface area contributed by atoms with Crippen LogP contribution in [-0.4, -0.2) is 70.0 Å². The molecule has 40 heavy (non-hydrogen) atoms. The average molecular weight is 549 g/mol. The monoisotopic (exact) mass is 548 g/mol. The molecule has 1 amide bonds. The first-order valence-electron chi connectivity index (χ1n) is 13.7. The third-order valence-corrected chi connectivity index (χ3v) is 8.32. The predicted molar refractivity (Wildman–Crippen MR) is 147 cm³/mol. The largest absolute Gasteiger partial charge is 0.494 e. The number of rotatable bonds is 8. The van der Waals surface area contributed by atoms with Gasteiger partial charge < -0.3 is 24.0 Å². The molecule has 1 saturated heterocycles.